The summed E-state index contributed by atoms with van der Waals surface area (Å²) in [5.41, 5.74) is 2.04. The van der Waals surface area contributed by atoms with Crippen LogP contribution in [0.3, 0.4) is 0 Å². The maximum Gasteiger partial charge on any atom is 0.274 e. The molecule has 0 bridgehead atoms. The number of nitrogens with zero attached hydrogens (tertiary/aromatic N) is 5. The number of ether oxygens (including phenoxy) is 1. The molecule has 1 aliphatic heterocycles. The monoisotopic (exact) mass is 335 g/mol. The number of aromatic nitrogens is 4. The van der Waals surface area contributed by atoms with Crippen molar-refractivity contribution in [1.82, 2.24) is 24.8 Å². The molecule has 1 aliphatic rings. The molecule has 0 atom stereocenters. The number of rotatable bonds is 3. The molecule has 3 heterocycles. The number of hydrogen-bond donors (Lipinski definition) is 0. The molecule has 3 aromatic rings. The average Bonchev–Trinajstić information content (AvgIpc) is 2.69. The van der Waals surface area contributed by atoms with Crippen molar-refractivity contribution >= 4 is 16.9 Å². The van der Waals surface area contributed by atoms with Gasteiger partial charge in [-0.15, -0.1) is 0 Å². The second kappa shape index (κ2) is 6.80. The number of likely N-dealkylation sites (tertiary alicyclic amines) is 1. The lowest BCUT2D eigenvalue weighted by molar-refractivity contribution is 0.0582. The second-order valence-corrected chi connectivity index (χ2v) is 5.90. The molecule has 7 nitrogen and oxygen atoms in total. The van der Waals surface area contributed by atoms with Crippen LogP contribution in [0.25, 0.3) is 11.0 Å². The third-order valence-electron chi connectivity index (χ3n) is 4.23. The summed E-state index contributed by atoms with van der Waals surface area (Å²) < 4.78 is 5.96. The summed E-state index contributed by atoms with van der Waals surface area (Å²) in [5.74, 6) is 0.439. The summed E-state index contributed by atoms with van der Waals surface area (Å²) in [4.78, 5) is 31.0. The van der Waals surface area contributed by atoms with Gasteiger partial charge in [0.05, 0.1) is 23.4 Å². The van der Waals surface area contributed by atoms with Crippen molar-refractivity contribution < 1.29 is 9.53 Å². The Hall–Kier alpha value is -3.09. The molecule has 2 aromatic heterocycles. The molecule has 0 radical (unpaired) electrons. The number of carbonyl (C=O) groups excluding carboxylic acids is 1. The highest BCUT2D eigenvalue weighted by Gasteiger charge is 2.25. The molecule has 0 spiro atoms. The predicted molar refractivity (Wildman–Crippen MR) is 91.1 cm³/mol. The fourth-order valence-corrected chi connectivity index (χ4v) is 2.92. The van der Waals surface area contributed by atoms with Gasteiger partial charge in [-0.1, -0.05) is 12.1 Å². The Labute approximate surface area is 144 Å². The second-order valence-electron chi connectivity index (χ2n) is 5.90. The highest BCUT2D eigenvalue weighted by atomic mass is 16.5. The van der Waals surface area contributed by atoms with E-state index in [2.05, 4.69) is 19.9 Å². The van der Waals surface area contributed by atoms with Crippen LogP contribution in [-0.4, -0.2) is 49.9 Å². The Morgan fingerprint density at radius 3 is 2.60 bits per heavy atom. The zero-order valence-electron chi connectivity index (χ0n) is 13.6. The minimum absolute atomic E-state index is 0.0290. The van der Waals surface area contributed by atoms with Crippen molar-refractivity contribution in [1.29, 1.82) is 0 Å². The quantitative estimate of drug-likeness (QED) is 0.729. The van der Waals surface area contributed by atoms with Crippen LogP contribution in [0.2, 0.25) is 0 Å². The van der Waals surface area contributed by atoms with E-state index in [0.717, 1.165) is 23.9 Å². The van der Waals surface area contributed by atoms with Crippen molar-refractivity contribution in [2.24, 2.45) is 0 Å². The summed E-state index contributed by atoms with van der Waals surface area (Å²) >= 11 is 0. The molecule has 1 aromatic carbocycles. The summed E-state index contributed by atoms with van der Waals surface area (Å²) in [5, 5.41) is 0. The molecule has 1 saturated heterocycles. The van der Waals surface area contributed by atoms with E-state index in [9.17, 15) is 4.79 Å². The molecular weight excluding hydrogens is 318 g/mol. The lowest BCUT2D eigenvalue weighted by Gasteiger charge is -2.31. The van der Waals surface area contributed by atoms with Gasteiger partial charge in [0.1, 0.15) is 11.8 Å². The van der Waals surface area contributed by atoms with Crippen molar-refractivity contribution in [3.8, 4) is 5.88 Å². The Bertz CT molecular complexity index is 879. The van der Waals surface area contributed by atoms with E-state index in [4.69, 9.17) is 4.74 Å². The number of para-hydroxylation sites is 2. The van der Waals surface area contributed by atoms with Gasteiger partial charge in [0.2, 0.25) is 5.88 Å². The number of fused-ring (bicyclic) bond motifs is 1. The predicted octanol–water partition coefficient (Wildman–Crippen LogP) is 2.10. The number of hydrogen-bond acceptors (Lipinski definition) is 6. The standard InChI is InChI=1S/C18H17N5O2/c24-18(16-11-19-7-8-20-16)23-9-5-13(6-10-23)25-17-12-21-14-3-1-2-4-15(14)22-17/h1-4,7-8,11-13H,5-6,9-10H2. The van der Waals surface area contributed by atoms with Crippen molar-refractivity contribution in [3.63, 3.8) is 0 Å². The minimum atomic E-state index is -0.0861. The summed E-state index contributed by atoms with van der Waals surface area (Å²) in [6.45, 7) is 1.25. The molecule has 0 aliphatic carbocycles. The third-order valence-corrected chi connectivity index (χ3v) is 4.23. The molecule has 1 amide bonds. The zero-order valence-corrected chi connectivity index (χ0v) is 13.6. The summed E-state index contributed by atoms with van der Waals surface area (Å²) in [6, 6.07) is 7.69. The normalized spacial score (nSPS) is 15.3. The van der Waals surface area contributed by atoms with E-state index in [0.29, 0.717) is 24.7 Å². The fourth-order valence-electron chi connectivity index (χ4n) is 2.92. The van der Waals surface area contributed by atoms with E-state index < -0.39 is 0 Å². The van der Waals surface area contributed by atoms with Crippen LogP contribution in [-0.2, 0) is 0 Å². The van der Waals surface area contributed by atoms with Gasteiger partial charge in [0.15, 0.2) is 0 Å². The van der Waals surface area contributed by atoms with Gasteiger partial charge in [0, 0.05) is 38.3 Å². The van der Waals surface area contributed by atoms with E-state index in [1.54, 1.807) is 17.3 Å². The molecular formula is C18H17N5O2. The third kappa shape index (κ3) is 3.40. The lowest BCUT2D eigenvalue weighted by atomic mass is 10.1. The molecule has 0 unspecified atom stereocenters. The molecule has 7 heteroatoms. The number of benzene rings is 1. The van der Waals surface area contributed by atoms with Gasteiger partial charge in [-0.25, -0.2) is 15.0 Å². The smallest absolute Gasteiger partial charge is 0.274 e. The Morgan fingerprint density at radius 1 is 1.04 bits per heavy atom. The van der Waals surface area contributed by atoms with Gasteiger partial charge in [-0.3, -0.25) is 9.78 Å². The van der Waals surface area contributed by atoms with Crippen molar-refractivity contribution in [2.45, 2.75) is 18.9 Å². The van der Waals surface area contributed by atoms with Crippen molar-refractivity contribution in [2.75, 3.05) is 13.1 Å². The molecule has 0 saturated carbocycles. The molecule has 126 valence electrons. The Balaban J connectivity index is 1.37. The minimum Gasteiger partial charge on any atom is -0.473 e. The van der Waals surface area contributed by atoms with Gasteiger partial charge in [-0.2, -0.15) is 0 Å². The fraction of sp³-hybridized carbons (Fsp3) is 0.278. The van der Waals surface area contributed by atoms with Crippen LogP contribution in [0.5, 0.6) is 5.88 Å². The van der Waals surface area contributed by atoms with Crippen LogP contribution in [0.1, 0.15) is 23.3 Å². The van der Waals surface area contributed by atoms with Crippen LogP contribution in [0.4, 0.5) is 0 Å². The Morgan fingerprint density at radius 2 is 1.84 bits per heavy atom. The molecule has 25 heavy (non-hydrogen) atoms. The topological polar surface area (TPSA) is 81.1 Å². The van der Waals surface area contributed by atoms with Crippen LogP contribution in [0, 0.1) is 0 Å². The lowest BCUT2D eigenvalue weighted by Crippen LogP contribution is -2.42. The molecule has 4 rings (SSSR count). The Kier molecular flexibility index (Phi) is 4.20. The summed E-state index contributed by atoms with van der Waals surface area (Å²) in [6.07, 6.45) is 7.76. The first-order valence-corrected chi connectivity index (χ1v) is 8.23. The highest BCUT2D eigenvalue weighted by molar-refractivity contribution is 5.92. The number of amides is 1. The average molecular weight is 335 g/mol. The van der Waals surface area contributed by atoms with Gasteiger partial charge in [-0.05, 0) is 12.1 Å². The van der Waals surface area contributed by atoms with E-state index in [-0.39, 0.29) is 12.0 Å². The van der Waals surface area contributed by atoms with E-state index in [1.807, 2.05) is 24.3 Å². The first-order valence-electron chi connectivity index (χ1n) is 8.23. The SMILES string of the molecule is O=C(c1cnccn1)N1CCC(Oc2cnc3ccccc3n2)CC1. The van der Waals surface area contributed by atoms with Crippen LogP contribution in [0.15, 0.2) is 49.1 Å². The first-order chi connectivity index (χ1) is 12.3. The maximum atomic E-state index is 12.4. The zero-order chi connectivity index (χ0) is 17.1. The largest absolute Gasteiger partial charge is 0.473 e. The number of carbonyl (C=O) groups is 1. The van der Waals surface area contributed by atoms with E-state index >= 15 is 0 Å². The number of piperidine rings is 1. The molecule has 1 fully saturated rings. The van der Waals surface area contributed by atoms with E-state index in [1.165, 1.54) is 12.4 Å². The molecule has 0 N–H and O–H groups in total. The van der Waals surface area contributed by atoms with Gasteiger partial charge in [0.25, 0.3) is 5.91 Å². The summed E-state index contributed by atoms with van der Waals surface area (Å²) in [7, 11) is 0. The van der Waals surface area contributed by atoms with Crippen molar-refractivity contribution in [3.05, 3.63) is 54.7 Å². The highest BCUT2D eigenvalue weighted by Crippen LogP contribution is 2.19. The van der Waals surface area contributed by atoms with Crippen LogP contribution >= 0.6 is 0 Å². The first kappa shape index (κ1) is 15.4. The van der Waals surface area contributed by atoms with Crippen LogP contribution < -0.4 is 4.74 Å². The van der Waals surface area contributed by atoms with Gasteiger partial charge >= 0.3 is 0 Å². The van der Waals surface area contributed by atoms with Gasteiger partial charge < -0.3 is 9.64 Å². The maximum absolute atomic E-state index is 12.4.